The van der Waals surface area contributed by atoms with Crippen LogP contribution in [-0.4, -0.2) is 12.2 Å². The average Bonchev–Trinajstić information content (AvgIpc) is 2.43. The first kappa shape index (κ1) is 8.06. The summed E-state index contributed by atoms with van der Waals surface area (Å²) in [4.78, 5) is 0. The maximum absolute atomic E-state index is 5.64. The summed E-state index contributed by atoms with van der Waals surface area (Å²) in [5, 5.41) is 0. The summed E-state index contributed by atoms with van der Waals surface area (Å²) in [6.07, 6.45) is 2.28. The molecule has 1 saturated carbocycles. The Morgan fingerprint density at radius 1 is 1.20 bits per heavy atom. The van der Waals surface area contributed by atoms with Crippen molar-refractivity contribution >= 4 is 0 Å². The van der Waals surface area contributed by atoms with Gasteiger partial charge in [-0.05, 0) is 32.1 Å². The highest BCUT2D eigenvalue weighted by atomic mass is 16.5. The molecule has 1 aliphatic rings. The van der Waals surface area contributed by atoms with Gasteiger partial charge in [-0.25, -0.2) is 0 Å². The van der Waals surface area contributed by atoms with E-state index in [0.717, 1.165) is 11.8 Å². The number of hydrogen-bond donors (Lipinski definition) is 0. The van der Waals surface area contributed by atoms with Crippen LogP contribution in [0.25, 0.3) is 0 Å². The zero-order valence-electron chi connectivity index (χ0n) is 7.42. The minimum Gasteiger partial charge on any atom is -0.375 e. The monoisotopic (exact) mass is 142 g/mol. The van der Waals surface area contributed by atoms with Crippen molar-refractivity contribution in [1.29, 1.82) is 0 Å². The zero-order chi connectivity index (χ0) is 7.72. The lowest BCUT2D eigenvalue weighted by Gasteiger charge is -2.07. The fourth-order valence-electron chi connectivity index (χ4n) is 1.40. The quantitative estimate of drug-likeness (QED) is 0.588. The summed E-state index contributed by atoms with van der Waals surface area (Å²) < 4.78 is 5.64. The second-order valence-electron chi connectivity index (χ2n) is 3.87. The molecule has 0 aromatic rings. The summed E-state index contributed by atoms with van der Waals surface area (Å²) in [7, 11) is 0. The molecule has 1 heteroatoms. The van der Waals surface area contributed by atoms with Gasteiger partial charge in [0.15, 0.2) is 0 Å². The van der Waals surface area contributed by atoms with Crippen molar-refractivity contribution in [2.45, 2.75) is 46.3 Å². The highest BCUT2D eigenvalue weighted by molar-refractivity contribution is 4.89. The third-order valence-electron chi connectivity index (χ3n) is 2.08. The highest BCUT2D eigenvalue weighted by Gasteiger charge is 2.40. The van der Waals surface area contributed by atoms with Crippen molar-refractivity contribution in [1.82, 2.24) is 0 Å². The Morgan fingerprint density at radius 2 is 1.80 bits per heavy atom. The molecule has 1 rings (SSSR count). The summed E-state index contributed by atoms with van der Waals surface area (Å²) in [5.41, 5.74) is 0. The van der Waals surface area contributed by atoms with Gasteiger partial charge >= 0.3 is 0 Å². The van der Waals surface area contributed by atoms with E-state index in [1.54, 1.807) is 0 Å². The normalized spacial score (nSPS) is 31.8. The smallest absolute Gasteiger partial charge is 0.0613 e. The summed E-state index contributed by atoms with van der Waals surface area (Å²) in [5.74, 6) is 1.66. The number of hydrogen-bond acceptors (Lipinski definition) is 1. The summed E-state index contributed by atoms with van der Waals surface area (Å²) in [6, 6.07) is 0. The van der Waals surface area contributed by atoms with Crippen LogP contribution in [0.4, 0.5) is 0 Å². The maximum atomic E-state index is 5.64. The lowest BCUT2D eigenvalue weighted by molar-refractivity contribution is 0.0520. The molecular formula is C9H18O. The predicted molar refractivity (Wildman–Crippen MR) is 43.0 cm³/mol. The minimum atomic E-state index is 0.411. The molecule has 1 aliphatic carbocycles. The highest BCUT2D eigenvalue weighted by Crippen LogP contribution is 2.40. The van der Waals surface area contributed by atoms with E-state index < -0.39 is 0 Å². The van der Waals surface area contributed by atoms with Gasteiger partial charge < -0.3 is 4.74 Å². The Morgan fingerprint density at radius 3 is 2.10 bits per heavy atom. The molecule has 1 nitrogen and oxygen atoms in total. The lowest BCUT2D eigenvalue weighted by atomic mass is 10.1. The number of rotatable bonds is 3. The molecule has 0 saturated heterocycles. The molecule has 0 heterocycles. The first-order valence-corrected chi connectivity index (χ1v) is 4.26. The predicted octanol–water partition coefficient (Wildman–Crippen LogP) is 2.46. The SMILES string of the molecule is CC(C)OC1CC1C(C)C. The Labute approximate surface area is 63.8 Å². The Hall–Kier alpha value is -0.0400. The van der Waals surface area contributed by atoms with Crippen LogP contribution in [0.15, 0.2) is 0 Å². The minimum absolute atomic E-state index is 0.411. The zero-order valence-corrected chi connectivity index (χ0v) is 7.42. The van der Waals surface area contributed by atoms with Gasteiger partial charge in [-0.15, -0.1) is 0 Å². The molecule has 0 radical (unpaired) electrons. The van der Waals surface area contributed by atoms with E-state index in [0.29, 0.717) is 12.2 Å². The maximum Gasteiger partial charge on any atom is 0.0613 e. The Kier molecular flexibility index (Phi) is 2.35. The molecule has 0 amide bonds. The van der Waals surface area contributed by atoms with Crippen molar-refractivity contribution in [3.63, 3.8) is 0 Å². The fourth-order valence-corrected chi connectivity index (χ4v) is 1.40. The molecule has 60 valence electrons. The molecule has 0 aromatic heterocycles. The van der Waals surface area contributed by atoms with Crippen molar-refractivity contribution in [3.8, 4) is 0 Å². The molecule has 0 bridgehead atoms. The molecule has 10 heavy (non-hydrogen) atoms. The van der Waals surface area contributed by atoms with Crippen LogP contribution in [0.3, 0.4) is 0 Å². The van der Waals surface area contributed by atoms with E-state index in [2.05, 4.69) is 27.7 Å². The molecule has 2 atom stereocenters. The molecule has 0 N–H and O–H groups in total. The van der Waals surface area contributed by atoms with Crippen molar-refractivity contribution in [2.24, 2.45) is 11.8 Å². The number of ether oxygens (including phenoxy) is 1. The third-order valence-corrected chi connectivity index (χ3v) is 2.08. The molecule has 0 aromatic carbocycles. The van der Waals surface area contributed by atoms with Gasteiger partial charge in [-0.3, -0.25) is 0 Å². The van der Waals surface area contributed by atoms with Crippen LogP contribution >= 0.6 is 0 Å². The van der Waals surface area contributed by atoms with Crippen LogP contribution in [0.1, 0.15) is 34.1 Å². The third kappa shape index (κ3) is 1.98. The van der Waals surface area contributed by atoms with E-state index in [-0.39, 0.29) is 0 Å². The van der Waals surface area contributed by atoms with E-state index in [4.69, 9.17) is 4.74 Å². The first-order chi connectivity index (χ1) is 4.61. The van der Waals surface area contributed by atoms with Crippen LogP contribution in [0.5, 0.6) is 0 Å². The van der Waals surface area contributed by atoms with Crippen molar-refractivity contribution < 1.29 is 4.74 Å². The van der Waals surface area contributed by atoms with Crippen molar-refractivity contribution in [3.05, 3.63) is 0 Å². The van der Waals surface area contributed by atoms with Gasteiger partial charge in [-0.2, -0.15) is 0 Å². The second-order valence-corrected chi connectivity index (χ2v) is 3.87. The largest absolute Gasteiger partial charge is 0.375 e. The van der Waals surface area contributed by atoms with Crippen LogP contribution in [0, 0.1) is 11.8 Å². The standard InChI is InChI=1S/C9H18O/c1-6(2)8-5-9(8)10-7(3)4/h6-9H,5H2,1-4H3. The average molecular weight is 142 g/mol. The lowest BCUT2D eigenvalue weighted by Crippen LogP contribution is -2.07. The van der Waals surface area contributed by atoms with Gasteiger partial charge in [0.05, 0.1) is 12.2 Å². The Bertz CT molecular complexity index is 107. The molecule has 2 unspecified atom stereocenters. The molecule has 0 spiro atoms. The van der Waals surface area contributed by atoms with Crippen LogP contribution in [0.2, 0.25) is 0 Å². The Balaban J connectivity index is 2.13. The second kappa shape index (κ2) is 2.91. The first-order valence-electron chi connectivity index (χ1n) is 4.26. The molecule has 0 aliphatic heterocycles. The van der Waals surface area contributed by atoms with E-state index in [9.17, 15) is 0 Å². The van der Waals surface area contributed by atoms with Gasteiger partial charge in [0, 0.05) is 0 Å². The van der Waals surface area contributed by atoms with Gasteiger partial charge in [0.2, 0.25) is 0 Å². The topological polar surface area (TPSA) is 9.23 Å². The van der Waals surface area contributed by atoms with Crippen LogP contribution < -0.4 is 0 Å². The van der Waals surface area contributed by atoms with Gasteiger partial charge in [0.25, 0.3) is 0 Å². The molecular weight excluding hydrogens is 124 g/mol. The van der Waals surface area contributed by atoms with Crippen molar-refractivity contribution in [2.75, 3.05) is 0 Å². The van der Waals surface area contributed by atoms with E-state index in [1.807, 2.05) is 0 Å². The van der Waals surface area contributed by atoms with E-state index in [1.165, 1.54) is 6.42 Å². The van der Waals surface area contributed by atoms with Gasteiger partial charge in [0.1, 0.15) is 0 Å². The van der Waals surface area contributed by atoms with E-state index >= 15 is 0 Å². The molecule has 1 fully saturated rings. The summed E-state index contributed by atoms with van der Waals surface area (Å²) in [6.45, 7) is 8.76. The van der Waals surface area contributed by atoms with Gasteiger partial charge in [-0.1, -0.05) is 13.8 Å². The fraction of sp³-hybridized carbons (Fsp3) is 1.00. The van der Waals surface area contributed by atoms with Crippen LogP contribution in [-0.2, 0) is 4.74 Å². The summed E-state index contributed by atoms with van der Waals surface area (Å²) >= 11 is 0.